The highest BCUT2D eigenvalue weighted by Crippen LogP contribution is 2.19. The summed E-state index contributed by atoms with van der Waals surface area (Å²) in [4.78, 5) is 18.6. The van der Waals surface area contributed by atoms with E-state index in [1.165, 1.54) is 11.1 Å². The van der Waals surface area contributed by atoms with Gasteiger partial charge >= 0.3 is 0 Å². The van der Waals surface area contributed by atoms with Crippen molar-refractivity contribution in [1.29, 1.82) is 0 Å². The lowest BCUT2D eigenvalue weighted by atomic mass is 10.0. The number of amides is 1. The Morgan fingerprint density at radius 3 is 2.53 bits per heavy atom. The number of carbonyl (C=O) groups is 1. The van der Waals surface area contributed by atoms with Crippen LogP contribution in [0.5, 0.6) is 0 Å². The Kier molecular flexibility index (Phi) is 3.14. The molecule has 0 saturated heterocycles. The second-order valence-corrected chi connectivity index (χ2v) is 3.85. The second-order valence-electron chi connectivity index (χ2n) is 3.85. The van der Waals surface area contributed by atoms with Crippen molar-refractivity contribution < 1.29 is 4.79 Å². The molecular weight excluding hydrogens is 214 g/mol. The number of nitrogens with one attached hydrogen (secondary N) is 1. The Hall–Kier alpha value is -2.23. The second kappa shape index (κ2) is 4.74. The van der Waals surface area contributed by atoms with Crippen LogP contribution in [0.3, 0.4) is 0 Å². The molecule has 4 heteroatoms. The molecule has 0 bridgehead atoms. The van der Waals surface area contributed by atoms with Gasteiger partial charge in [0.25, 0.3) is 0 Å². The highest BCUT2D eigenvalue weighted by atomic mass is 16.1. The third kappa shape index (κ3) is 2.47. The van der Waals surface area contributed by atoms with E-state index >= 15 is 0 Å². The van der Waals surface area contributed by atoms with Crippen LogP contribution in [0.4, 0.5) is 5.82 Å². The van der Waals surface area contributed by atoms with Crippen molar-refractivity contribution in [2.75, 3.05) is 5.32 Å². The van der Waals surface area contributed by atoms with Crippen LogP contribution >= 0.6 is 0 Å². The van der Waals surface area contributed by atoms with E-state index in [9.17, 15) is 4.79 Å². The number of rotatable bonds is 3. The molecule has 1 amide bonds. The van der Waals surface area contributed by atoms with Gasteiger partial charge in [-0.15, -0.1) is 0 Å². The van der Waals surface area contributed by atoms with Crippen LogP contribution in [0.2, 0.25) is 0 Å². The van der Waals surface area contributed by atoms with Gasteiger partial charge in [0.1, 0.15) is 0 Å². The molecule has 0 fully saturated rings. The average Bonchev–Trinajstić information content (AvgIpc) is 2.34. The largest absolute Gasteiger partial charge is 0.312 e. The third-order valence-corrected chi connectivity index (χ3v) is 2.66. The van der Waals surface area contributed by atoms with Crippen LogP contribution < -0.4 is 5.32 Å². The molecule has 2 aromatic rings. The summed E-state index contributed by atoms with van der Waals surface area (Å²) >= 11 is 0. The molecular formula is C13H13N3O. The predicted molar refractivity (Wildman–Crippen MR) is 66.6 cm³/mol. The maximum atomic E-state index is 10.2. The molecule has 1 aromatic carbocycles. The number of hydrogen-bond acceptors (Lipinski definition) is 3. The number of aryl methyl sites for hydroxylation is 2. The van der Waals surface area contributed by atoms with Crippen LogP contribution in [0, 0.1) is 13.8 Å². The molecule has 2 rings (SSSR count). The van der Waals surface area contributed by atoms with Crippen molar-refractivity contribution in [1.82, 2.24) is 9.97 Å². The summed E-state index contributed by atoms with van der Waals surface area (Å²) in [6.45, 7) is 4.14. The first-order chi connectivity index (χ1) is 8.20. The maximum absolute atomic E-state index is 10.2. The zero-order valence-corrected chi connectivity index (χ0v) is 9.77. The number of aromatic nitrogens is 2. The Balaban J connectivity index is 2.32. The van der Waals surface area contributed by atoms with Crippen molar-refractivity contribution in [2.45, 2.75) is 13.8 Å². The molecule has 0 unspecified atom stereocenters. The highest BCUT2D eigenvalue weighted by molar-refractivity contribution is 5.69. The Bertz CT molecular complexity index is 535. The summed E-state index contributed by atoms with van der Waals surface area (Å²) < 4.78 is 0. The van der Waals surface area contributed by atoms with Gasteiger partial charge in [-0.3, -0.25) is 9.78 Å². The molecule has 0 aliphatic carbocycles. The lowest BCUT2D eigenvalue weighted by Crippen LogP contribution is -1.98. The molecule has 86 valence electrons. The molecule has 0 atom stereocenters. The van der Waals surface area contributed by atoms with Gasteiger partial charge < -0.3 is 5.32 Å². The van der Waals surface area contributed by atoms with E-state index in [0.717, 1.165) is 11.3 Å². The third-order valence-electron chi connectivity index (χ3n) is 2.66. The zero-order valence-electron chi connectivity index (χ0n) is 9.77. The van der Waals surface area contributed by atoms with E-state index in [2.05, 4.69) is 41.3 Å². The lowest BCUT2D eigenvalue weighted by molar-refractivity contribution is -0.105. The van der Waals surface area contributed by atoms with Crippen LogP contribution in [0.1, 0.15) is 11.1 Å². The lowest BCUT2D eigenvalue weighted by Gasteiger charge is -2.05. The van der Waals surface area contributed by atoms with Crippen LogP contribution in [-0.4, -0.2) is 16.4 Å². The van der Waals surface area contributed by atoms with E-state index < -0.39 is 0 Å². The summed E-state index contributed by atoms with van der Waals surface area (Å²) in [5, 5.41) is 2.45. The van der Waals surface area contributed by atoms with Gasteiger partial charge in [-0.05, 0) is 31.0 Å². The van der Waals surface area contributed by atoms with Crippen LogP contribution in [-0.2, 0) is 4.79 Å². The van der Waals surface area contributed by atoms with Crippen molar-refractivity contribution >= 4 is 12.2 Å². The Morgan fingerprint density at radius 2 is 1.94 bits per heavy atom. The standard InChI is InChI=1S/C13H13N3O/c1-9-3-4-11(5-10(9)2)12-6-15-13(7-14-12)16-8-17/h3-8H,1-2H3,(H,15,16,17). The number of benzene rings is 1. The van der Waals surface area contributed by atoms with E-state index in [1.54, 1.807) is 12.4 Å². The average molecular weight is 227 g/mol. The van der Waals surface area contributed by atoms with E-state index in [1.807, 2.05) is 6.07 Å². The van der Waals surface area contributed by atoms with Crippen LogP contribution in [0.15, 0.2) is 30.6 Å². The fourth-order valence-electron chi connectivity index (χ4n) is 1.51. The maximum Gasteiger partial charge on any atom is 0.212 e. The molecule has 1 heterocycles. The summed E-state index contributed by atoms with van der Waals surface area (Å²) in [6, 6.07) is 6.15. The smallest absolute Gasteiger partial charge is 0.212 e. The summed E-state index contributed by atoms with van der Waals surface area (Å²) in [6.07, 6.45) is 3.77. The number of anilines is 1. The fraction of sp³-hybridized carbons (Fsp3) is 0.154. The Labute approximate surface area is 99.7 Å². The normalized spacial score (nSPS) is 10.0. The predicted octanol–water partition coefficient (Wildman–Crippen LogP) is 2.33. The number of carbonyl (C=O) groups excluding carboxylic acids is 1. The first kappa shape index (κ1) is 11.3. The van der Waals surface area contributed by atoms with Gasteiger partial charge in [0, 0.05) is 5.56 Å². The van der Waals surface area contributed by atoms with Crippen molar-refractivity contribution in [2.24, 2.45) is 0 Å². The minimum absolute atomic E-state index is 0.451. The Morgan fingerprint density at radius 1 is 1.12 bits per heavy atom. The van der Waals surface area contributed by atoms with Crippen LogP contribution in [0.25, 0.3) is 11.3 Å². The van der Waals surface area contributed by atoms with Gasteiger partial charge in [-0.25, -0.2) is 4.98 Å². The first-order valence-corrected chi connectivity index (χ1v) is 5.30. The van der Waals surface area contributed by atoms with Crippen molar-refractivity contribution in [3.63, 3.8) is 0 Å². The molecule has 0 spiro atoms. The van der Waals surface area contributed by atoms with Gasteiger partial charge in [0.05, 0.1) is 18.1 Å². The number of nitrogens with zero attached hydrogens (tertiary/aromatic N) is 2. The molecule has 17 heavy (non-hydrogen) atoms. The van der Waals surface area contributed by atoms with Crippen molar-refractivity contribution in [3.05, 3.63) is 41.7 Å². The van der Waals surface area contributed by atoms with E-state index in [0.29, 0.717) is 12.2 Å². The molecule has 4 nitrogen and oxygen atoms in total. The summed E-state index contributed by atoms with van der Waals surface area (Å²) in [7, 11) is 0. The molecule has 0 radical (unpaired) electrons. The highest BCUT2D eigenvalue weighted by Gasteiger charge is 2.02. The topological polar surface area (TPSA) is 54.9 Å². The monoisotopic (exact) mass is 227 g/mol. The molecule has 0 aliphatic rings. The van der Waals surface area contributed by atoms with Crippen molar-refractivity contribution in [3.8, 4) is 11.3 Å². The molecule has 1 N–H and O–H groups in total. The summed E-state index contributed by atoms with van der Waals surface area (Å²) in [5.41, 5.74) is 4.29. The molecule has 1 aromatic heterocycles. The van der Waals surface area contributed by atoms with Gasteiger partial charge in [-0.2, -0.15) is 0 Å². The minimum atomic E-state index is 0.451. The molecule has 0 saturated carbocycles. The summed E-state index contributed by atoms with van der Waals surface area (Å²) in [5.74, 6) is 0.451. The van der Waals surface area contributed by atoms with E-state index in [4.69, 9.17) is 0 Å². The zero-order chi connectivity index (χ0) is 12.3. The van der Waals surface area contributed by atoms with Gasteiger partial charge in [-0.1, -0.05) is 12.1 Å². The fourth-order valence-corrected chi connectivity index (χ4v) is 1.51. The van der Waals surface area contributed by atoms with Gasteiger partial charge in [0.2, 0.25) is 6.41 Å². The quantitative estimate of drug-likeness (QED) is 0.819. The number of hydrogen-bond donors (Lipinski definition) is 1. The SMILES string of the molecule is Cc1ccc(-c2cnc(NC=O)cn2)cc1C. The minimum Gasteiger partial charge on any atom is -0.312 e. The van der Waals surface area contributed by atoms with Gasteiger partial charge in [0.15, 0.2) is 5.82 Å². The molecule has 0 aliphatic heterocycles. The first-order valence-electron chi connectivity index (χ1n) is 5.30. The van der Waals surface area contributed by atoms with E-state index in [-0.39, 0.29) is 0 Å².